The number of nitrogens with one attached hydrogen (secondary N) is 1. The fraction of sp³-hybridized carbons (Fsp3) is 0.400. The lowest BCUT2D eigenvalue weighted by Crippen LogP contribution is -2.53. The van der Waals surface area contributed by atoms with E-state index in [0.717, 1.165) is 0 Å². The van der Waals surface area contributed by atoms with Gasteiger partial charge in [-0.25, -0.2) is 13.8 Å². The molecule has 0 unspecified atom stereocenters. The fourth-order valence-corrected chi connectivity index (χ4v) is 2.72. The number of aromatic nitrogens is 1. The Morgan fingerprint density at radius 2 is 2.06 bits per heavy atom. The zero-order valence-electron chi connectivity index (χ0n) is 8.06. The van der Waals surface area contributed by atoms with Gasteiger partial charge >= 0.3 is 0 Å². The molecule has 1 N–H and O–H groups in total. The molecule has 0 radical (unpaired) electrons. The smallest absolute Gasteiger partial charge is 0.251 e. The first kappa shape index (κ1) is 10.1. The van der Waals surface area contributed by atoms with Gasteiger partial charge in [0.05, 0.1) is 11.4 Å². The molecule has 1 amide bonds. The number of anilines is 1. The minimum atomic E-state index is -2.75. The van der Waals surface area contributed by atoms with Gasteiger partial charge in [0.1, 0.15) is 10.0 Å². The van der Waals surface area contributed by atoms with Gasteiger partial charge in [0.25, 0.3) is 5.92 Å². The van der Waals surface area contributed by atoms with Crippen LogP contribution in [-0.2, 0) is 10.2 Å². The van der Waals surface area contributed by atoms with Gasteiger partial charge in [0, 0.05) is 12.8 Å². The number of halogens is 3. The van der Waals surface area contributed by atoms with E-state index in [1.807, 2.05) is 0 Å². The molecule has 1 spiro atoms. The number of fused-ring (bicyclic) bond motifs is 2. The summed E-state index contributed by atoms with van der Waals surface area (Å²) in [6.45, 7) is 0. The minimum absolute atomic E-state index is 0.362. The summed E-state index contributed by atoms with van der Waals surface area (Å²) < 4.78 is 26.5. The maximum absolute atomic E-state index is 13.0. The van der Waals surface area contributed by atoms with Crippen LogP contribution in [0.1, 0.15) is 18.5 Å². The Kier molecular flexibility index (Phi) is 1.77. The number of carbonyl (C=O) groups excluding carboxylic acids is 1. The molecule has 0 aromatic carbocycles. The van der Waals surface area contributed by atoms with E-state index in [1.54, 1.807) is 12.1 Å². The van der Waals surface area contributed by atoms with E-state index >= 15 is 0 Å². The quantitative estimate of drug-likeness (QED) is 0.745. The lowest BCUT2D eigenvalue weighted by atomic mass is 9.64. The predicted octanol–water partition coefficient (Wildman–Crippen LogP) is 2.46. The Bertz CT molecular complexity index is 496. The summed E-state index contributed by atoms with van der Waals surface area (Å²) in [6, 6.07) is 3.35. The largest absolute Gasteiger partial charge is 0.324 e. The number of amides is 1. The lowest BCUT2D eigenvalue weighted by molar-refractivity contribution is -0.153. The first-order valence-corrected chi connectivity index (χ1v) is 5.59. The van der Waals surface area contributed by atoms with Crippen LogP contribution in [0.25, 0.3) is 0 Å². The molecule has 3 rings (SSSR count). The van der Waals surface area contributed by atoms with Gasteiger partial charge in [-0.3, -0.25) is 4.79 Å². The number of pyridine rings is 1. The molecule has 1 fully saturated rings. The standard InChI is InChI=1S/C10H7BrF2N2O/c11-6-2-1-5-7(15-6)9(8(16)14-5)3-10(12,13)4-9/h1-2H,3-4H2,(H,14,16). The molecule has 2 heterocycles. The van der Waals surface area contributed by atoms with E-state index in [2.05, 4.69) is 26.2 Å². The zero-order chi connectivity index (χ0) is 11.6. The molecular formula is C10H7BrF2N2O. The maximum Gasteiger partial charge on any atom is 0.251 e. The van der Waals surface area contributed by atoms with Gasteiger partial charge < -0.3 is 5.32 Å². The highest BCUT2D eigenvalue weighted by molar-refractivity contribution is 9.10. The minimum Gasteiger partial charge on any atom is -0.324 e. The Hall–Kier alpha value is -1.04. The first-order chi connectivity index (χ1) is 7.43. The van der Waals surface area contributed by atoms with Crippen LogP contribution in [0.3, 0.4) is 0 Å². The zero-order valence-corrected chi connectivity index (χ0v) is 9.64. The van der Waals surface area contributed by atoms with Crippen LogP contribution < -0.4 is 5.32 Å². The van der Waals surface area contributed by atoms with Crippen molar-refractivity contribution in [3.8, 4) is 0 Å². The summed E-state index contributed by atoms with van der Waals surface area (Å²) in [7, 11) is 0. The monoisotopic (exact) mass is 288 g/mol. The molecule has 1 aliphatic carbocycles. The van der Waals surface area contributed by atoms with Gasteiger partial charge in [-0.05, 0) is 28.1 Å². The summed E-state index contributed by atoms with van der Waals surface area (Å²) in [5.41, 5.74) is -0.121. The Labute approximate surface area is 98.4 Å². The fourth-order valence-electron chi connectivity index (χ4n) is 2.41. The molecule has 1 saturated carbocycles. The summed E-state index contributed by atoms with van der Waals surface area (Å²) >= 11 is 3.18. The second-order valence-electron chi connectivity index (χ2n) is 4.28. The number of alkyl halides is 2. The first-order valence-electron chi connectivity index (χ1n) is 4.79. The summed E-state index contributed by atoms with van der Waals surface area (Å²) in [5.74, 6) is -3.11. The van der Waals surface area contributed by atoms with E-state index in [9.17, 15) is 13.6 Å². The molecule has 16 heavy (non-hydrogen) atoms. The molecule has 1 aliphatic heterocycles. The highest BCUT2D eigenvalue weighted by atomic mass is 79.9. The van der Waals surface area contributed by atoms with Crippen LogP contribution >= 0.6 is 15.9 Å². The molecule has 0 saturated heterocycles. The lowest BCUT2D eigenvalue weighted by Gasteiger charge is -2.42. The number of hydrogen-bond donors (Lipinski definition) is 1. The number of nitrogens with zero attached hydrogens (tertiary/aromatic N) is 1. The van der Waals surface area contributed by atoms with Crippen LogP contribution in [0.15, 0.2) is 16.7 Å². The van der Waals surface area contributed by atoms with Gasteiger partial charge in [0.2, 0.25) is 5.91 Å². The van der Waals surface area contributed by atoms with Crippen LogP contribution in [-0.4, -0.2) is 16.8 Å². The van der Waals surface area contributed by atoms with Crippen molar-refractivity contribution >= 4 is 27.5 Å². The third-order valence-corrected chi connectivity index (χ3v) is 3.56. The van der Waals surface area contributed by atoms with Crippen LogP contribution in [0, 0.1) is 0 Å². The second-order valence-corrected chi connectivity index (χ2v) is 5.09. The predicted molar refractivity (Wildman–Crippen MR) is 56.4 cm³/mol. The number of carbonyl (C=O) groups is 1. The van der Waals surface area contributed by atoms with E-state index < -0.39 is 24.2 Å². The normalized spacial score (nSPS) is 23.8. The molecular weight excluding hydrogens is 282 g/mol. The maximum atomic E-state index is 13.0. The molecule has 0 bridgehead atoms. The highest BCUT2D eigenvalue weighted by Gasteiger charge is 2.65. The average molecular weight is 289 g/mol. The van der Waals surface area contributed by atoms with Crippen molar-refractivity contribution in [2.45, 2.75) is 24.2 Å². The topological polar surface area (TPSA) is 42.0 Å². The number of rotatable bonds is 0. The third kappa shape index (κ3) is 1.16. The van der Waals surface area contributed by atoms with Crippen molar-refractivity contribution in [1.82, 2.24) is 4.98 Å². The second kappa shape index (κ2) is 2.80. The third-order valence-electron chi connectivity index (χ3n) is 3.12. The number of hydrogen-bond acceptors (Lipinski definition) is 2. The summed E-state index contributed by atoms with van der Waals surface area (Å²) in [4.78, 5) is 15.9. The molecule has 1 aromatic rings. The molecule has 84 valence electrons. The van der Waals surface area contributed by atoms with Crippen LogP contribution in [0.2, 0.25) is 0 Å². The van der Waals surface area contributed by atoms with Gasteiger partial charge in [-0.15, -0.1) is 0 Å². The van der Waals surface area contributed by atoms with E-state index in [0.29, 0.717) is 16.0 Å². The van der Waals surface area contributed by atoms with Crippen LogP contribution in [0.5, 0.6) is 0 Å². The van der Waals surface area contributed by atoms with Crippen molar-refractivity contribution in [1.29, 1.82) is 0 Å². The van der Waals surface area contributed by atoms with Gasteiger partial charge in [0.15, 0.2) is 0 Å². The molecule has 3 nitrogen and oxygen atoms in total. The molecule has 1 aromatic heterocycles. The van der Waals surface area contributed by atoms with E-state index in [4.69, 9.17) is 0 Å². The Morgan fingerprint density at radius 1 is 1.38 bits per heavy atom. The van der Waals surface area contributed by atoms with Crippen molar-refractivity contribution in [2.24, 2.45) is 0 Å². The van der Waals surface area contributed by atoms with Crippen molar-refractivity contribution < 1.29 is 13.6 Å². The van der Waals surface area contributed by atoms with Crippen molar-refractivity contribution in [2.75, 3.05) is 5.32 Å². The summed E-state index contributed by atoms with van der Waals surface area (Å²) in [6.07, 6.45) is -0.884. The van der Waals surface area contributed by atoms with Crippen molar-refractivity contribution in [3.05, 3.63) is 22.4 Å². The average Bonchev–Trinajstić information content (AvgIpc) is 2.40. The molecule has 6 heteroatoms. The molecule has 2 aliphatic rings. The van der Waals surface area contributed by atoms with Crippen molar-refractivity contribution in [3.63, 3.8) is 0 Å². The Morgan fingerprint density at radius 3 is 2.69 bits per heavy atom. The molecule has 0 atom stereocenters. The SMILES string of the molecule is O=C1Nc2ccc(Br)nc2C12CC(F)(F)C2. The van der Waals surface area contributed by atoms with E-state index in [1.165, 1.54) is 0 Å². The van der Waals surface area contributed by atoms with E-state index in [-0.39, 0.29) is 5.91 Å². The van der Waals surface area contributed by atoms with Crippen LogP contribution in [0.4, 0.5) is 14.5 Å². The Balaban J connectivity index is 2.10. The summed E-state index contributed by atoms with van der Waals surface area (Å²) in [5, 5.41) is 2.60. The highest BCUT2D eigenvalue weighted by Crippen LogP contribution is 2.57. The van der Waals surface area contributed by atoms with Gasteiger partial charge in [-0.1, -0.05) is 0 Å². The van der Waals surface area contributed by atoms with Gasteiger partial charge in [-0.2, -0.15) is 0 Å².